The average Bonchev–Trinajstić information content (AvgIpc) is 1.69. The maximum absolute atomic E-state index is 6.12. The van der Waals surface area contributed by atoms with E-state index < -0.39 is 25.4 Å². The predicted molar refractivity (Wildman–Crippen MR) is 76.4 cm³/mol. The first-order chi connectivity index (χ1) is 6.83. The lowest BCUT2D eigenvalue weighted by molar-refractivity contribution is 0.289. The number of allylic oxidation sites excluding steroid dienone is 1. The summed E-state index contributed by atoms with van der Waals surface area (Å²) in [7, 11) is -5.78. The van der Waals surface area contributed by atoms with E-state index in [0.717, 1.165) is 5.76 Å². The Hall–Kier alpha value is 0.111. The van der Waals surface area contributed by atoms with Gasteiger partial charge in [-0.15, -0.1) is 0 Å². The van der Waals surface area contributed by atoms with Crippen LogP contribution in [0.15, 0.2) is 12.3 Å². The lowest BCUT2D eigenvalue weighted by Crippen LogP contribution is -2.52. The van der Waals surface area contributed by atoms with E-state index in [-0.39, 0.29) is 0 Å². The van der Waals surface area contributed by atoms with Gasteiger partial charge in [0.15, 0.2) is 8.32 Å². The van der Waals surface area contributed by atoms with Crippen LogP contribution in [-0.2, 0) is 12.7 Å². The molecule has 0 saturated heterocycles. The molecule has 0 aliphatic rings. The van der Waals surface area contributed by atoms with Crippen molar-refractivity contribution < 1.29 is 12.7 Å². The van der Waals surface area contributed by atoms with Crippen LogP contribution in [0.2, 0.25) is 45.8 Å². The molecule has 6 heteroatoms. The molecule has 0 atom stereocenters. The van der Waals surface area contributed by atoms with Crippen molar-refractivity contribution in [2.24, 2.45) is 0 Å². The van der Waals surface area contributed by atoms with Crippen LogP contribution in [0.25, 0.3) is 0 Å². The molecule has 16 heavy (non-hydrogen) atoms. The van der Waals surface area contributed by atoms with Gasteiger partial charge in [-0.1, -0.05) is 6.58 Å². The first-order valence-corrected chi connectivity index (χ1v) is 14.6. The molecule has 0 unspecified atom stereocenters. The quantitative estimate of drug-likeness (QED) is 0.546. The molecule has 0 aromatic rings. The summed E-state index contributed by atoms with van der Waals surface area (Å²) in [5.41, 5.74) is 0. The first kappa shape index (κ1) is 16.1. The molecule has 0 aliphatic carbocycles. The molecule has 0 aromatic heterocycles. The summed E-state index contributed by atoms with van der Waals surface area (Å²) in [6, 6.07) is 0. The summed E-state index contributed by atoms with van der Waals surface area (Å²) < 4.78 is 17.9. The topological polar surface area (TPSA) is 27.7 Å². The van der Waals surface area contributed by atoms with Crippen LogP contribution in [0.4, 0.5) is 0 Å². The average molecular weight is 279 g/mol. The lowest BCUT2D eigenvalue weighted by Gasteiger charge is -2.36. The summed E-state index contributed by atoms with van der Waals surface area (Å²) in [5.74, 6) is 0.717. The zero-order valence-corrected chi connectivity index (χ0v) is 14.9. The van der Waals surface area contributed by atoms with Crippen LogP contribution in [0.3, 0.4) is 0 Å². The van der Waals surface area contributed by atoms with E-state index in [9.17, 15) is 0 Å². The minimum atomic E-state index is -2.14. The fourth-order valence-electron chi connectivity index (χ4n) is 1.79. The molecule has 96 valence electrons. The van der Waals surface area contributed by atoms with Gasteiger partial charge >= 0.3 is 17.1 Å². The van der Waals surface area contributed by atoms with E-state index in [1.807, 2.05) is 20.0 Å². The molecular weight excluding hydrogens is 252 g/mol. The van der Waals surface area contributed by atoms with Crippen molar-refractivity contribution in [3.8, 4) is 0 Å². The maximum atomic E-state index is 6.12. The molecule has 3 nitrogen and oxygen atoms in total. The molecule has 0 rings (SSSR count). The molecule has 0 saturated carbocycles. The summed E-state index contributed by atoms with van der Waals surface area (Å²) >= 11 is 0. The second-order valence-corrected chi connectivity index (χ2v) is 17.6. The summed E-state index contributed by atoms with van der Waals surface area (Å²) in [5, 5.41) is 0. The summed E-state index contributed by atoms with van der Waals surface area (Å²) in [4.78, 5) is 0. The zero-order chi connectivity index (χ0) is 13.2. The molecule has 0 bridgehead atoms. The van der Waals surface area contributed by atoms with Crippen LogP contribution in [0.5, 0.6) is 0 Å². The minimum Gasteiger partial charge on any atom is -0.525 e. The Morgan fingerprint density at radius 2 is 1.25 bits per heavy atom. The van der Waals surface area contributed by atoms with Crippen LogP contribution in [-0.4, -0.2) is 25.4 Å². The van der Waals surface area contributed by atoms with Crippen LogP contribution < -0.4 is 0 Å². The Morgan fingerprint density at radius 1 is 0.812 bits per heavy atom. The van der Waals surface area contributed by atoms with E-state index in [1.54, 1.807) is 0 Å². The lowest BCUT2D eigenvalue weighted by atomic mass is 10.7. The highest BCUT2D eigenvalue weighted by molar-refractivity contribution is 6.86. The van der Waals surface area contributed by atoms with Crippen molar-refractivity contribution in [2.45, 2.75) is 52.8 Å². The Labute approximate surface area is 103 Å². The summed E-state index contributed by atoms with van der Waals surface area (Å²) in [6.07, 6.45) is 0. The highest BCUT2D eigenvalue weighted by Gasteiger charge is 2.40. The summed E-state index contributed by atoms with van der Waals surface area (Å²) in [6.45, 7) is 20.4. The Bertz CT molecular complexity index is 257. The molecule has 0 amide bonds. The van der Waals surface area contributed by atoms with Crippen molar-refractivity contribution in [1.82, 2.24) is 0 Å². The largest absolute Gasteiger partial charge is 0.525 e. The fraction of sp³-hybridized carbons (Fsp3) is 0.800. The highest BCUT2D eigenvalue weighted by atomic mass is 28.5. The Balaban J connectivity index is 4.51. The van der Waals surface area contributed by atoms with Gasteiger partial charge in [0, 0.05) is 0 Å². The second kappa shape index (κ2) is 5.18. The Kier molecular flexibility index (Phi) is 5.21. The zero-order valence-electron chi connectivity index (χ0n) is 11.9. The van der Waals surface area contributed by atoms with Crippen molar-refractivity contribution in [2.75, 3.05) is 0 Å². The molecule has 0 fully saturated rings. The molecular formula is C10H26O3Si3. The molecule has 0 spiro atoms. The van der Waals surface area contributed by atoms with E-state index in [0.29, 0.717) is 0 Å². The van der Waals surface area contributed by atoms with Crippen LogP contribution in [0.1, 0.15) is 6.92 Å². The van der Waals surface area contributed by atoms with Gasteiger partial charge in [-0.05, 0) is 52.8 Å². The standard InChI is InChI=1S/C10H26O3Si3/c1-10(2)11-15(6,7)13-16(8,9)12-14(3,4)5/h1H2,2-9H3. The fourth-order valence-corrected chi connectivity index (χ4v) is 14.0. The smallest absolute Gasteiger partial charge is 0.383 e. The third kappa shape index (κ3) is 8.28. The Morgan fingerprint density at radius 3 is 1.56 bits per heavy atom. The SMILES string of the molecule is C=C(C)O[Si](C)(C)O[Si](C)(C)O[Si](C)(C)C. The minimum absolute atomic E-state index is 0.717. The van der Waals surface area contributed by atoms with Gasteiger partial charge in [-0.25, -0.2) is 0 Å². The van der Waals surface area contributed by atoms with Gasteiger partial charge in [0.1, 0.15) is 0 Å². The van der Waals surface area contributed by atoms with Gasteiger partial charge in [0.25, 0.3) is 0 Å². The number of hydrogen-bond acceptors (Lipinski definition) is 3. The van der Waals surface area contributed by atoms with E-state index in [1.165, 1.54) is 0 Å². The number of hydrogen-bond donors (Lipinski definition) is 0. The molecule has 0 radical (unpaired) electrons. The molecule has 0 aromatic carbocycles. The van der Waals surface area contributed by atoms with E-state index >= 15 is 0 Å². The van der Waals surface area contributed by atoms with Gasteiger partial charge in [-0.2, -0.15) is 0 Å². The van der Waals surface area contributed by atoms with Crippen molar-refractivity contribution >= 4 is 25.4 Å². The normalized spacial score (nSPS) is 13.8. The first-order valence-electron chi connectivity index (χ1n) is 5.58. The predicted octanol–water partition coefficient (Wildman–Crippen LogP) is 3.81. The van der Waals surface area contributed by atoms with Gasteiger partial charge < -0.3 is 12.7 Å². The second-order valence-electron chi connectivity index (χ2n) is 5.92. The van der Waals surface area contributed by atoms with Crippen molar-refractivity contribution in [1.29, 1.82) is 0 Å². The van der Waals surface area contributed by atoms with Gasteiger partial charge in [0.2, 0.25) is 0 Å². The monoisotopic (exact) mass is 278 g/mol. The molecule has 0 heterocycles. The maximum Gasteiger partial charge on any atom is 0.383 e. The van der Waals surface area contributed by atoms with Gasteiger partial charge in [0.05, 0.1) is 5.76 Å². The van der Waals surface area contributed by atoms with E-state index in [2.05, 4.69) is 39.3 Å². The molecule has 0 N–H and O–H groups in total. The van der Waals surface area contributed by atoms with Crippen LogP contribution in [0, 0.1) is 0 Å². The number of rotatable bonds is 6. The molecule has 0 aliphatic heterocycles. The van der Waals surface area contributed by atoms with Gasteiger partial charge in [-0.3, -0.25) is 0 Å². The van der Waals surface area contributed by atoms with Crippen LogP contribution >= 0.6 is 0 Å². The van der Waals surface area contributed by atoms with Crippen molar-refractivity contribution in [3.63, 3.8) is 0 Å². The third-order valence-corrected chi connectivity index (χ3v) is 10.7. The van der Waals surface area contributed by atoms with E-state index in [4.69, 9.17) is 12.7 Å². The third-order valence-electron chi connectivity index (χ3n) is 1.46. The highest BCUT2D eigenvalue weighted by Crippen LogP contribution is 2.22. The van der Waals surface area contributed by atoms with Crippen molar-refractivity contribution in [3.05, 3.63) is 12.3 Å².